The number of nitrogens with one attached hydrogen (secondary N) is 1. The minimum absolute atomic E-state index is 0.208. The highest BCUT2D eigenvalue weighted by atomic mass is 16.2. The molecule has 0 radical (unpaired) electrons. The molecule has 1 N–H and O–H groups in total. The number of para-hydroxylation sites is 2. The summed E-state index contributed by atoms with van der Waals surface area (Å²) < 4.78 is 1.90. The molecule has 0 unspecified atom stereocenters. The Labute approximate surface area is 114 Å². The van der Waals surface area contributed by atoms with Crippen molar-refractivity contribution in [3.05, 3.63) is 45.1 Å². The van der Waals surface area contributed by atoms with Crippen molar-refractivity contribution in [2.24, 2.45) is 0 Å². The van der Waals surface area contributed by atoms with Gasteiger partial charge in [0.05, 0.1) is 11.0 Å². The van der Waals surface area contributed by atoms with Crippen LogP contribution >= 0.6 is 0 Å². The van der Waals surface area contributed by atoms with Gasteiger partial charge in [-0.1, -0.05) is 25.5 Å². The smallest absolute Gasteiger partial charge is 0.322 e. The number of hydrogen-bond acceptors (Lipinski definition) is 4. The number of benzene rings is 1. The van der Waals surface area contributed by atoms with Crippen LogP contribution in [0.1, 0.15) is 19.8 Å². The number of aromatic amines is 1. The van der Waals surface area contributed by atoms with Gasteiger partial charge in [-0.2, -0.15) is 4.98 Å². The summed E-state index contributed by atoms with van der Waals surface area (Å²) in [5.74, 6) is 0.353. The van der Waals surface area contributed by atoms with E-state index < -0.39 is 11.2 Å². The number of hydrogen-bond donors (Lipinski definition) is 1. The number of H-pyrrole nitrogens is 1. The van der Waals surface area contributed by atoms with Crippen LogP contribution in [0.3, 0.4) is 0 Å². The SMILES string of the molecule is CCCCn1c2nc(=O)[nH]c(=O)c-2nc2ccccc21. The van der Waals surface area contributed by atoms with Gasteiger partial charge in [-0.3, -0.25) is 9.78 Å². The Kier molecular flexibility index (Phi) is 3.06. The molecule has 0 bridgehead atoms. The first-order chi connectivity index (χ1) is 9.70. The second kappa shape index (κ2) is 4.88. The molecule has 0 aliphatic carbocycles. The van der Waals surface area contributed by atoms with Gasteiger partial charge in [-0.25, -0.2) is 9.78 Å². The van der Waals surface area contributed by atoms with Gasteiger partial charge in [0.25, 0.3) is 5.56 Å². The van der Waals surface area contributed by atoms with E-state index in [9.17, 15) is 9.59 Å². The van der Waals surface area contributed by atoms with Gasteiger partial charge in [0, 0.05) is 6.54 Å². The Hall–Kier alpha value is -2.50. The van der Waals surface area contributed by atoms with Gasteiger partial charge in [0.2, 0.25) is 0 Å². The third-order valence-electron chi connectivity index (χ3n) is 3.25. The van der Waals surface area contributed by atoms with Crippen molar-refractivity contribution in [3.8, 4) is 11.5 Å². The van der Waals surface area contributed by atoms with Crippen LogP contribution < -0.4 is 11.2 Å². The number of rotatable bonds is 3. The average Bonchev–Trinajstić information content (AvgIpc) is 2.44. The van der Waals surface area contributed by atoms with Crippen LogP contribution in [0.2, 0.25) is 0 Å². The van der Waals surface area contributed by atoms with Gasteiger partial charge >= 0.3 is 5.69 Å². The summed E-state index contributed by atoms with van der Waals surface area (Å²) in [5, 5.41) is 0. The summed E-state index contributed by atoms with van der Waals surface area (Å²) in [5.41, 5.74) is 0.688. The van der Waals surface area contributed by atoms with Crippen molar-refractivity contribution >= 4 is 11.0 Å². The van der Waals surface area contributed by atoms with E-state index in [0.29, 0.717) is 12.4 Å². The highest BCUT2D eigenvalue weighted by Crippen LogP contribution is 2.20. The lowest BCUT2D eigenvalue weighted by molar-refractivity contribution is 0.638. The molecule has 20 heavy (non-hydrogen) atoms. The van der Waals surface area contributed by atoms with Crippen LogP contribution in [-0.2, 0) is 6.54 Å². The van der Waals surface area contributed by atoms with Crippen molar-refractivity contribution in [1.82, 2.24) is 19.5 Å². The molecular weight excluding hydrogens is 256 g/mol. The molecule has 3 rings (SSSR count). The maximum atomic E-state index is 11.9. The summed E-state index contributed by atoms with van der Waals surface area (Å²) >= 11 is 0. The molecule has 2 heterocycles. The lowest BCUT2D eigenvalue weighted by Gasteiger charge is -2.15. The van der Waals surface area contributed by atoms with Crippen molar-refractivity contribution in [1.29, 1.82) is 0 Å². The van der Waals surface area contributed by atoms with E-state index in [1.165, 1.54) is 0 Å². The zero-order chi connectivity index (χ0) is 14.1. The number of aromatic nitrogens is 4. The molecule has 0 saturated heterocycles. The Morgan fingerprint density at radius 3 is 2.80 bits per heavy atom. The molecule has 2 aliphatic rings. The first-order valence-corrected chi connectivity index (χ1v) is 6.60. The molecule has 6 heteroatoms. The largest absolute Gasteiger partial charge is 0.349 e. The summed E-state index contributed by atoms with van der Waals surface area (Å²) in [6.07, 6.45) is 1.95. The molecule has 0 spiro atoms. The van der Waals surface area contributed by atoms with Crippen LogP contribution in [0.25, 0.3) is 22.6 Å². The van der Waals surface area contributed by atoms with Gasteiger partial charge in [-0.05, 0) is 18.6 Å². The molecule has 1 aromatic rings. The van der Waals surface area contributed by atoms with Crippen molar-refractivity contribution in [3.63, 3.8) is 0 Å². The fraction of sp³-hybridized carbons (Fsp3) is 0.286. The Morgan fingerprint density at radius 2 is 2.00 bits per heavy atom. The highest BCUT2D eigenvalue weighted by Gasteiger charge is 2.17. The summed E-state index contributed by atoms with van der Waals surface area (Å²) in [6, 6.07) is 7.55. The fourth-order valence-corrected chi connectivity index (χ4v) is 2.29. The van der Waals surface area contributed by atoms with Crippen molar-refractivity contribution in [2.75, 3.05) is 0 Å². The standard InChI is InChI=1S/C14H14N4O2/c1-2-3-8-18-10-7-5-4-6-9(10)15-11-12(18)16-14(20)17-13(11)19/h4-7H,2-3,8H2,1H3,(H,17,19,20). The van der Waals surface area contributed by atoms with Crippen molar-refractivity contribution < 1.29 is 0 Å². The van der Waals surface area contributed by atoms with E-state index in [4.69, 9.17) is 0 Å². The van der Waals surface area contributed by atoms with Gasteiger partial charge in [0.15, 0.2) is 11.5 Å². The normalized spacial score (nSPS) is 11.2. The minimum atomic E-state index is -0.634. The predicted molar refractivity (Wildman–Crippen MR) is 75.9 cm³/mol. The van der Waals surface area contributed by atoms with E-state index in [1.807, 2.05) is 28.8 Å². The number of fused-ring (bicyclic) bond motifs is 2. The highest BCUT2D eigenvalue weighted by molar-refractivity contribution is 5.79. The lowest BCUT2D eigenvalue weighted by atomic mass is 10.2. The number of unbranched alkanes of at least 4 members (excludes halogenated alkanes) is 1. The maximum absolute atomic E-state index is 11.9. The quantitative estimate of drug-likeness (QED) is 0.729. The second-order valence-corrected chi connectivity index (χ2v) is 4.65. The number of nitrogens with zero attached hydrogens (tertiary/aromatic N) is 3. The average molecular weight is 270 g/mol. The van der Waals surface area contributed by atoms with Gasteiger partial charge in [0.1, 0.15) is 0 Å². The predicted octanol–water partition coefficient (Wildman–Crippen LogP) is 1.38. The molecule has 0 saturated carbocycles. The Balaban J connectivity index is 2.43. The van der Waals surface area contributed by atoms with Crippen LogP contribution in [0.4, 0.5) is 0 Å². The Morgan fingerprint density at radius 1 is 1.20 bits per heavy atom. The molecular formula is C14H14N4O2. The summed E-state index contributed by atoms with van der Waals surface area (Å²) in [4.78, 5) is 33.8. The lowest BCUT2D eigenvalue weighted by Crippen LogP contribution is -2.28. The zero-order valence-corrected chi connectivity index (χ0v) is 11.1. The monoisotopic (exact) mass is 270 g/mol. The molecule has 0 amide bonds. The minimum Gasteiger partial charge on any atom is -0.322 e. The topological polar surface area (TPSA) is 80.6 Å². The fourth-order valence-electron chi connectivity index (χ4n) is 2.29. The van der Waals surface area contributed by atoms with Gasteiger partial charge < -0.3 is 4.57 Å². The van der Waals surface area contributed by atoms with E-state index >= 15 is 0 Å². The van der Waals surface area contributed by atoms with Crippen LogP contribution in [-0.4, -0.2) is 19.5 Å². The molecule has 1 aromatic carbocycles. The first-order valence-electron chi connectivity index (χ1n) is 6.60. The molecule has 0 atom stereocenters. The third-order valence-corrected chi connectivity index (χ3v) is 3.25. The second-order valence-electron chi connectivity index (χ2n) is 4.65. The molecule has 0 aromatic heterocycles. The van der Waals surface area contributed by atoms with E-state index in [-0.39, 0.29) is 5.69 Å². The van der Waals surface area contributed by atoms with Crippen molar-refractivity contribution in [2.45, 2.75) is 26.3 Å². The Bertz CT molecular complexity index is 850. The molecule has 6 nitrogen and oxygen atoms in total. The molecule has 102 valence electrons. The maximum Gasteiger partial charge on any atom is 0.349 e. The van der Waals surface area contributed by atoms with Gasteiger partial charge in [-0.15, -0.1) is 0 Å². The number of aryl methyl sites for hydroxylation is 1. The van der Waals surface area contributed by atoms with Crippen LogP contribution in [0.15, 0.2) is 33.9 Å². The summed E-state index contributed by atoms with van der Waals surface area (Å²) in [6.45, 7) is 2.79. The third kappa shape index (κ3) is 1.99. The van der Waals surface area contributed by atoms with Crippen LogP contribution in [0.5, 0.6) is 0 Å². The molecule has 2 aliphatic heterocycles. The van der Waals surface area contributed by atoms with Crippen LogP contribution in [0, 0.1) is 0 Å². The van der Waals surface area contributed by atoms with E-state index in [1.54, 1.807) is 0 Å². The summed E-state index contributed by atoms with van der Waals surface area (Å²) in [7, 11) is 0. The zero-order valence-electron chi connectivity index (χ0n) is 11.1. The molecule has 0 fully saturated rings. The van der Waals surface area contributed by atoms with E-state index in [0.717, 1.165) is 23.9 Å². The van der Waals surface area contributed by atoms with E-state index in [2.05, 4.69) is 21.9 Å². The first kappa shape index (κ1) is 12.5.